The normalized spacial score (nSPS) is 17.3. The van der Waals surface area contributed by atoms with Gasteiger partial charge in [-0.05, 0) is 44.7 Å². The van der Waals surface area contributed by atoms with Crippen molar-refractivity contribution in [2.24, 2.45) is 0 Å². The molecule has 0 spiro atoms. The fourth-order valence-corrected chi connectivity index (χ4v) is 2.79. The summed E-state index contributed by atoms with van der Waals surface area (Å²) < 4.78 is 10.5. The van der Waals surface area contributed by atoms with Crippen molar-refractivity contribution in [3.63, 3.8) is 0 Å². The second-order valence-corrected chi connectivity index (χ2v) is 5.79. The van der Waals surface area contributed by atoms with Crippen LogP contribution in [0.3, 0.4) is 0 Å². The summed E-state index contributed by atoms with van der Waals surface area (Å²) >= 11 is 0. The van der Waals surface area contributed by atoms with Crippen LogP contribution in [0.2, 0.25) is 0 Å². The molecule has 1 aliphatic heterocycles. The number of nitrogens with one attached hydrogen (secondary N) is 1. The van der Waals surface area contributed by atoms with E-state index < -0.39 is 5.97 Å². The minimum Gasteiger partial charge on any atom is -0.452 e. The first-order valence-electron chi connectivity index (χ1n) is 7.60. The van der Waals surface area contributed by atoms with E-state index in [1.165, 1.54) is 0 Å². The van der Waals surface area contributed by atoms with Gasteiger partial charge in [-0.2, -0.15) is 0 Å². The van der Waals surface area contributed by atoms with E-state index in [0.717, 1.165) is 36.1 Å². The molecule has 1 atom stereocenters. The van der Waals surface area contributed by atoms with Gasteiger partial charge >= 0.3 is 5.97 Å². The highest BCUT2D eigenvalue weighted by Crippen LogP contribution is 2.17. The molecular weight excluding hydrogens is 282 g/mol. The van der Waals surface area contributed by atoms with Gasteiger partial charge in [-0.25, -0.2) is 4.79 Å². The Hall–Kier alpha value is -1.88. The number of hydrogen-bond donors (Lipinski definition) is 1. The van der Waals surface area contributed by atoms with Gasteiger partial charge in [0.05, 0.1) is 11.7 Å². The van der Waals surface area contributed by atoms with E-state index in [1.54, 1.807) is 0 Å². The number of amides is 1. The quantitative estimate of drug-likeness (QED) is 0.846. The Morgan fingerprint density at radius 3 is 2.55 bits per heavy atom. The van der Waals surface area contributed by atoms with Crippen molar-refractivity contribution >= 4 is 11.9 Å². The minimum absolute atomic E-state index is 0.0845. The van der Waals surface area contributed by atoms with Crippen molar-refractivity contribution in [1.82, 2.24) is 5.32 Å². The Bertz CT molecular complexity index is 539. The van der Waals surface area contributed by atoms with Gasteiger partial charge in [-0.1, -0.05) is 17.7 Å². The van der Waals surface area contributed by atoms with Crippen LogP contribution in [0.4, 0.5) is 0 Å². The van der Waals surface area contributed by atoms with E-state index in [2.05, 4.69) is 5.32 Å². The van der Waals surface area contributed by atoms with Crippen molar-refractivity contribution < 1.29 is 19.1 Å². The monoisotopic (exact) mass is 305 g/mol. The zero-order valence-corrected chi connectivity index (χ0v) is 13.4. The number of ether oxygens (including phenoxy) is 2. The molecule has 1 fully saturated rings. The highest BCUT2D eigenvalue weighted by Gasteiger charge is 2.18. The first-order chi connectivity index (χ1) is 10.5. The number of hydrogen-bond acceptors (Lipinski definition) is 4. The molecule has 1 N–H and O–H groups in total. The van der Waals surface area contributed by atoms with Crippen LogP contribution in [-0.2, 0) is 14.3 Å². The van der Waals surface area contributed by atoms with E-state index in [1.807, 2.05) is 32.9 Å². The second kappa shape index (κ2) is 7.40. The van der Waals surface area contributed by atoms with Gasteiger partial charge in [0.15, 0.2) is 6.61 Å². The van der Waals surface area contributed by atoms with Crippen LogP contribution in [0, 0.1) is 20.8 Å². The molecule has 1 amide bonds. The van der Waals surface area contributed by atoms with Crippen molar-refractivity contribution in [3.8, 4) is 0 Å². The average molecular weight is 305 g/mol. The highest BCUT2D eigenvalue weighted by molar-refractivity contribution is 5.94. The lowest BCUT2D eigenvalue weighted by Gasteiger charge is -2.12. The van der Waals surface area contributed by atoms with Gasteiger partial charge < -0.3 is 14.8 Å². The molecule has 0 radical (unpaired) electrons. The summed E-state index contributed by atoms with van der Waals surface area (Å²) in [5.41, 5.74) is 3.36. The molecule has 5 heteroatoms. The lowest BCUT2D eigenvalue weighted by molar-refractivity contribution is -0.124. The van der Waals surface area contributed by atoms with E-state index in [-0.39, 0.29) is 18.6 Å². The zero-order chi connectivity index (χ0) is 16.1. The molecule has 120 valence electrons. The second-order valence-electron chi connectivity index (χ2n) is 5.79. The summed E-state index contributed by atoms with van der Waals surface area (Å²) in [6, 6.07) is 3.86. The summed E-state index contributed by atoms with van der Waals surface area (Å²) in [5, 5.41) is 2.73. The third kappa shape index (κ3) is 4.31. The molecule has 0 aromatic heterocycles. The molecule has 1 aromatic rings. The highest BCUT2D eigenvalue weighted by atomic mass is 16.5. The fraction of sp³-hybridized carbons (Fsp3) is 0.529. The topological polar surface area (TPSA) is 64.6 Å². The Morgan fingerprint density at radius 2 is 1.95 bits per heavy atom. The predicted octanol–water partition coefficient (Wildman–Crippen LogP) is 2.06. The summed E-state index contributed by atoms with van der Waals surface area (Å²) in [4.78, 5) is 23.9. The summed E-state index contributed by atoms with van der Waals surface area (Å²) in [5.74, 6) is -0.756. The molecule has 1 saturated heterocycles. The smallest absolute Gasteiger partial charge is 0.339 e. The number of aryl methyl sites for hydroxylation is 3. The number of carbonyl (C=O) groups excluding carboxylic acids is 2. The molecule has 1 heterocycles. The maximum Gasteiger partial charge on any atom is 0.339 e. The van der Waals surface area contributed by atoms with Crippen LogP contribution in [0.15, 0.2) is 12.1 Å². The summed E-state index contributed by atoms with van der Waals surface area (Å²) in [6.07, 6.45) is 2.07. The van der Waals surface area contributed by atoms with Crippen molar-refractivity contribution in [1.29, 1.82) is 0 Å². The summed E-state index contributed by atoms with van der Waals surface area (Å²) in [7, 11) is 0. The van der Waals surface area contributed by atoms with Crippen LogP contribution in [0.25, 0.3) is 0 Å². The number of carbonyl (C=O) groups is 2. The third-order valence-corrected chi connectivity index (χ3v) is 3.77. The maximum absolute atomic E-state index is 12.1. The van der Waals surface area contributed by atoms with Crippen molar-refractivity contribution in [3.05, 3.63) is 34.4 Å². The molecule has 0 aliphatic carbocycles. The van der Waals surface area contributed by atoms with Crippen LogP contribution in [0.5, 0.6) is 0 Å². The number of esters is 1. The van der Waals surface area contributed by atoms with E-state index in [0.29, 0.717) is 12.1 Å². The Morgan fingerprint density at radius 1 is 1.27 bits per heavy atom. The van der Waals surface area contributed by atoms with Crippen LogP contribution in [0.1, 0.15) is 39.9 Å². The molecule has 2 rings (SSSR count). The van der Waals surface area contributed by atoms with Crippen LogP contribution >= 0.6 is 0 Å². The fourth-order valence-electron chi connectivity index (χ4n) is 2.79. The molecule has 22 heavy (non-hydrogen) atoms. The van der Waals surface area contributed by atoms with Gasteiger partial charge in [-0.3, -0.25) is 4.79 Å². The van der Waals surface area contributed by atoms with Crippen LogP contribution in [-0.4, -0.2) is 37.7 Å². The Kier molecular flexibility index (Phi) is 5.55. The number of rotatable bonds is 5. The minimum atomic E-state index is -0.456. The molecule has 0 bridgehead atoms. The maximum atomic E-state index is 12.1. The molecule has 0 saturated carbocycles. The van der Waals surface area contributed by atoms with Gasteiger partial charge in [0.25, 0.3) is 5.91 Å². The standard InChI is InChI=1S/C17H23NO4/c1-11-7-12(2)16(13(3)8-11)17(20)22-10-15(19)18-9-14-5-4-6-21-14/h7-8,14H,4-6,9-10H2,1-3H3,(H,18,19)/t14-/m1/s1. The zero-order valence-electron chi connectivity index (χ0n) is 13.4. The van der Waals surface area contributed by atoms with Gasteiger partial charge in [0.2, 0.25) is 0 Å². The van der Waals surface area contributed by atoms with Crippen LogP contribution < -0.4 is 5.32 Å². The largest absolute Gasteiger partial charge is 0.452 e. The average Bonchev–Trinajstić information content (AvgIpc) is 2.95. The van der Waals surface area contributed by atoms with Gasteiger partial charge in [0.1, 0.15) is 0 Å². The first-order valence-corrected chi connectivity index (χ1v) is 7.60. The van der Waals surface area contributed by atoms with Crippen molar-refractivity contribution in [2.45, 2.75) is 39.7 Å². The SMILES string of the molecule is Cc1cc(C)c(C(=O)OCC(=O)NC[C@H]2CCCO2)c(C)c1. The van der Waals surface area contributed by atoms with Crippen molar-refractivity contribution in [2.75, 3.05) is 19.8 Å². The molecule has 1 aliphatic rings. The third-order valence-electron chi connectivity index (χ3n) is 3.77. The lowest BCUT2D eigenvalue weighted by atomic mass is 10.00. The van der Waals surface area contributed by atoms with Gasteiger partial charge in [-0.15, -0.1) is 0 Å². The number of benzene rings is 1. The van der Waals surface area contributed by atoms with E-state index in [4.69, 9.17) is 9.47 Å². The van der Waals surface area contributed by atoms with E-state index in [9.17, 15) is 9.59 Å². The molecule has 1 aromatic carbocycles. The molecule has 0 unspecified atom stereocenters. The first kappa shape index (κ1) is 16.5. The summed E-state index contributed by atoms with van der Waals surface area (Å²) in [6.45, 7) is 6.68. The lowest BCUT2D eigenvalue weighted by Crippen LogP contribution is -2.34. The molecular formula is C17H23NO4. The predicted molar refractivity (Wildman–Crippen MR) is 82.9 cm³/mol. The molecule has 5 nitrogen and oxygen atoms in total. The van der Waals surface area contributed by atoms with E-state index >= 15 is 0 Å². The Balaban J connectivity index is 1.83. The van der Waals surface area contributed by atoms with Gasteiger partial charge in [0, 0.05) is 13.2 Å². The Labute approximate surface area is 131 Å².